The van der Waals surface area contributed by atoms with E-state index in [0.717, 1.165) is 24.3 Å². The normalized spacial score (nSPS) is 11.4. The minimum Gasteiger partial charge on any atom is -0.492 e. The van der Waals surface area contributed by atoms with E-state index >= 15 is 0 Å². The van der Waals surface area contributed by atoms with Crippen molar-refractivity contribution in [3.8, 4) is 5.75 Å². The molecule has 1 rings (SSSR count). The van der Waals surface area contributed by atoms with Crippen LogP contribution in [0.1, 0.15) is 32.8 Å². The number of aromatic nitrogens is 1. The third-order valence-corrected chi connectivity index (χ3v) is 2.10. The van der Waals surface area contributed by atoms with Gasteiger partial charge in [-0.15, -0.1) is 0 Å². The second-order valence-corrected chi connectivity index (χ2v) is 4.80. The van der Waals surface area contributed by atoms with Gasteiger partial charge in [0.05, 0.1) is 12.8 Å². The summed E-state index contributed by atoms with van der Waals surface area (Å²) < 4.78 is 5.65. The molecule has 0 amide bonds. The van der Waals surface area contributed by atoms with Crippen molar-refractivity contribution >= 4 is 0 Å². The number of aryl methyl sites for hydroxylation is 1. The summed E-state index contributed by atoms with van der Waals surface area (Å²) in [5, 5.41) is 0. The van der Waals surface area contributed by atoms with Crippen molar-refractivity contribution in [1.82, 2.24) is 4.98 Å². The first-order valence-corrected chi connectivity index (χ1v) is 5.02. The van der Waals surface area contributed by atoms with E-state index in [4.69, 9.17) is 4.74 Å². The Hall–Kier alpha value is -1.05. The maximum absolute atomic E-state index is 5.65. The van der Waals surface area contributed by atoms with Gasteiger partial charge >= 0.3 is 0 Å². The van der Waals surface area contributed by atoms with Crippen molar-refractivity contribution in [2.75, 3.05) is 6.61 Å². The lowest BCUT2D eigenvalue weighted by Gasteiger charge is -2.18. The molecule has 0 spiro atoms. The fourth-order valence-corrected chi connectivity index (χ4v) is 1.07. The molecule has 0 N–H and O–H groups in total. The van der Waals surface area contributed by atoms with Gasteiger partial charge in [-0.3, -0.25) is 4.98 Å². The minimum absolute atomic E-state index is 0.329. The Morgan fingerprint density at radius 3 is 2.64 bits per heavy atom. The lowest BCUT2D eigenvalue weighted by atomic mass is 9.93. The van der Waals surface area contributed by atoms with E-state index in [1.807, 2.05) is 13.0 Å². The van der Waals surface area contributed by atoms with E-state index in [0.29, 0.717) is 5.41 Å². The molecule has 0 aromatic carbocycles. The lowest BCUT2D eigenvalue weighted by molar-refractivity contribution is 0.241. The molecule has 0 radical (unpaired) electrons. The summed E-state index contributed by atoms with van der Waals surface area (Å²) in [4.78, 5) is 4.04. The van der Waals surface area contributed by atoms with E-state index < -0.39 is 0 Å². The van der Waals surface area contributed by atoms with Gasteiger partial charge in [0.2, 0.25) is 0 Å². The summed E-state index contributed by atoms with van der Waals surface area (Å²) in [5.74, 6) is 0.900. The van der Waals surface area contributed by atoms with Crippen LogP contribution >= 0.6 is 0 Å². The van der Waals surface area contributed by atoms with Crippen LogP contribution < -0.4 is 4.74 Å². The van der Waals surface area contributed by atoms with Crippen LogP contribution in [-0.4, -0.2) is 11.6 Å². The molecule has 0 atom stereocenters. The van der Waals surface area contributed by atoms with Gasteiger partial charge in [-0.1, -0.05) is 20.8 Å². The molecule has 2 heteroatoms. The molecule has 1 heterocycles. The highest BCUT2D eigenvalue weighted by molar-refractivity contribution is 5.27. The van der Waals surface area contributed by atoms with Crippen LogP contribution in [0.25, 0.3) is 0 Å². The largest absolute Gasteiger partial charge is 0.492 e. The minimum atomic E-state index is 0.329. The van der Waals surface area contributed by atoms with Crippen LogP contribution in [0.2, 0.25) is 0 Å². The standard InChI is InChI=1S/C12H19NO/c1-10-5-7-13-9-11(10)14-8-6-12(2,3)4/h5,7,9H,6,8H2,1-4H3. The zero-order valence-electron chi connectivity index (χ0n) is 9.50. The highest BCUT2D eigenvalue weighted by Gasteiger charge is 2.10. The molecule has 2 nitrogen and oxygen atoms in total. The van der Waals surface area contributed by atoms with Crippen LogP contribution in [0.5, 0.6) is 5.75 Å². The molecule has 0 aliphatic carbocycles. The Labute approximate surface area is 86.3 Å². The molecule has 0 saturated carbocycles. The monoisotopic (exact) mass is 193 g/mol. The molecule has 78 valence electrons. The van der Waals surface area contributed by atoms with Crippen LogP contribution in [0.3, 0.4) is 0 Å². The smallest absolute Gasteiger partial charge is 0.140 e. The summed E-state index contributed by atoms with van der Waals surface area (Å²) in [6.45, 7) is 9.44. The van der Waals surface area contributed by atoms with Gasteiger partial charge in [-0.25, -0.2) is 0 Å². The quantitative estimate of drug-likeness (QED) is 0.735. The fraction of sp³-hybridized carbons (Fsp3) is 0.583. The van der Waals surface area contributed by atoms with E-state index in [1.54, 1.807) is 12.4 Å². The first-order valence-electron chi connectivity index (χ1n) is 5.02. The Bertz CT molecular complexity index is 289. The average molecular weight is 193 g/mol. The summed E-state index contributed by atoms with van der Waals surface area (Å²) in [7, 11) is 0. The predicted molar refractivity (Wildman–Crippen MR) is 58.5 cm³/mol. The van der Waals surface area contributed by atoms with E-state index in [-0.39, 0.29) is 0 Å². The Balaban J connectivity index is 2.43. The molecule has 0 saturated heterocycles. The zero-order valence-corrected chi connectivity index (χ0v) is 9.50. The van der Waals surface area contributed by atoms with Crippen LogP contribution in [-0.2, 0) is 0 Å². The van der Waals surface area contributed by atoms with Crippen molar-refractivity contribution < 1.29 is 4.74 Å². The van der Waals surface area contributed by atoms with Crippen molar-refractivity contribution in [2.24, 2.45) is 5.41 Å². The number of ether oxygens (including phenoxy) is 1. The van der Waals surface area contributed by atoms with E-state index in [2.05, 4.69) is 25.8 Å². The van der Waals surface area contributed by atoms with Gasteiger partial charge in [-0.05, 0) is 30.4 Å². The second kappa shape index (κ2) is 4.45. The van der Waals surface area contributed by atoms with Gasteiger partial charge in [0.25, 0.3) is 0 Å². The highest BCUT2D eigenvalue weighted by atomic mass is 16.5. The van der Waals surface area contributed by atoms with Crippen molar-refractivity contribution in [1.29, 1.82) is 0 Å². The SMILES string of the molecule is Cc1ccncc1OCCC(C)(C)C. The number of rotatable bonds is 3. The fourth-order valence-electron chi connectivity index (χ4n) is 1.07. The first-order chi connectivity index (χ1) is 6.49. The average Bonchev–Trinajstić information content (AvgIpc) is 2.06. The molecule has 0 aliphatic heterocycles. The molecular weight excluding hydrogens is 174 g/mol. The number of nitrogens with zero attached hydrogens (tertiary/aromatic N) is 1. The van der Waals surface area contributed by atoms with Crippen molar-refractivity contribution in [3.05, 3.63) is 24.0 Å². The van der Waals surface area contributed by atoms with Crippen LogP contribution in [0.15, 0.2) is 18.5 Å². The van der Waals surface area contributed by atoms with E-state index in [9.17, 15) is 0 Å². The third kappa shape index (κ3) is 3.77. The third-order valence-electron chi connectivity index (χ3n) is 2.10. The summed E-state index contributed by atoms with van der Waals surface area (Å²) >= 11 is 0. The van der Waals surface area contributed by atoms with Gasteiger partial charge in [0.1, 0.15) is 5.75 Å². The van der Waals surface area contributed by atoms with Gasteiger partial charge < -0.3 is 4.74 Å². The molecule has 14 heavy (non-hydrogen) atoms. The first kappa shape index (κ1) is 11.0. The second-order valence-electron chi connectivity index (χ2n) is 4.80. The molecule has 0 fully saturated rings. The topological polar surface area (TPSA) is 22.1 Å². The molecule has 0 aliphatic rings. The van der Waals surface area contributed by atoms with Crippen molar-refractivity contribution in [3.63, 3.8) is 0 Å². The van der Waals surface area contributed by atoms with Crippen LogP contribution in [0, 0.1) is 12.3 Å². The molecular formula is C12H19NO. The molecule has 1 aromatic rings. The zero-order chi connectivity index (χ0) is 10.6. The summed E-state index contributed by atoms with van der Waals surface area (Å²) in [6, 6.07) is 1.96. The van der Waals surface area contributed by atoms with Gasteiger partial charge in [-0.2, -0.15) is 0 Å². The Morgan fingerprint density at radius 1 is 1.36 bits per heavy atom. The van der Waals surface area contributed by atoms with Gasteiger partial charge in [0, 0.05) is 6.20 Å². The molecule has 1 aromatic heterocycles. The number of pyridine rings is 1. The van der Waals surface area contributed by atoms with Gasteiger partial charge in [0.15, 0.2) is 0 Å². The van der Waals surface area contributed by atoms with Crippen molar-refractivity contribution in [2.45, 2.75) is 34.1 Å². The summed E-state index contributed by atoms with van der Waals surface area (Å²) in [5.41, 5.74) is 1.48. The van der Waals surface area contributed by atoms with Crippen LogP contribution in [0.4, 0.5) is 0 Å². The number of hydrogen-bond acceptors (Lipinski definition) is 2. The Morgan fingerprint density at radius 2 is 2.07 bits per heavy atom. The maximum atomic E-state index is 5.65. The Kier molecular flexibility index (Phi) is 3.50. The lowest BCUT2D eigenvalue weighted by Crippen LogP contribution is -2.11. The molecule has 0 bridgehead atoms. The van der Waals surface area contributed by atoms with E-state index in [1.165, 1.54) is 0 Å². The summed E-state index contributed by atoms with van der Waals surface area (Å²) in [6.07, 6.45) is 4.62. The highest BCUT2D eigenvalue weighted by Crippen LogP contribution is 2.20. The molecule has 0 unspecified atom stereocenters. The number of hydrogen-bond donors (Lipinski definition) is 0. The maximum Gasteiger partial charge on any atom is 0.140 e. The predicted octanol–water partition coefficient (Wildman–Crippen LogP) is 3.21.